The third-order valence-electron chi connectivity index (χ3n) is 11.4. The molecule has 3 aromatic heterocycles. The number of furan rings is 1. The number of fused-ring (bicyclic) bond motifs is 9. The van der Waals surface area contributed by atoms with E-state index in [4.69, 9.17) is 4.42 Å². The van der Waals surface area contributed by atoms with Crippen molar-refractivity contribution in [3.05, 3.63) is 213 Å². The van der Waals surface area contributed by atoms with Gasteiger partial charge in [0, 0.05) is 43.7 Å². The molecule has 0 atom stereocenters. The molecule has 3 heteroatoms. The van der Waals surface area contributed by atoms with E-state index in [2.05, 4.69) is 186 Å². The van der Waals surface area contributed by atoms with E-state index in [1.807, 2.05) is 30.4 Å². The van der Waals surface area contributed by atoms with Gasteiger partial charge in [-0.2, -0.15) is 0 Å². The zero-order chi connectivity index (χ0) is 38.0. The van der Waals surface area contributed by atoms with Crippen LogP contribution < -0.4 is 0 Å². The molecule has 0 radical (unpaired) electrons. The van der Waals surface area contributed by atoms with E-state index in [9.17, 15) is 0 Å². The third kappa shape index (κ3) is 5.21. The Kier molecular flexibility index (Phi) is 7.48. The van der Waals surface area contributed by atoms with Gasteiger partial charge in [0.25, 0.3) is 0 Å². The van der Waals surface area contributed by atoms with Crippen LogP contribution in [0.25, 0.3) is 105 Å². The molecule has 0 fully saturated rings. The molecule has 0 aliphatic heterocycles. The number of para-hydroxylation sites is 3. The fourth-order valence-electron chi connectivity index (χ4n) is 8.83. The molecule has 0 aliphatic carbocycles. The number of nitrogens with zero attached hydrogens (tertiary/aromatic N) is 2. The topological polar surface area (TPSA) is 23.0 Å². The summed E-state index contributed by atoms with van der Waals surface area (Å²) in [6.07, 6.45) is 5.75. The Balaban J connectivity index is 1.08. The van der Waals surface area contributed by atoms with Crippen LogP contribution in [0.1, 0.15) is 5.56 Å². The third-order valence-corrected chi connectivity index (χ3v) is 11.4. The van der Waals surface area contributed by atoms with E-state index in [1.54, 1.807) is 0 Å². The number of aromatic nitrogens is 2. The minimum Gasteiger partial charge on any atom is -0.456 e. The van der Waals surface area contributed by atoms with Crippen LogP contribution in [-0.2, 0) is 0 Å². The van der Waals surface area contributed by atoms with Gasteiger partial charge in [-0.3, -0.25) is 0 Å². The van der Waals surface area contributed by atoms with Crippen LogP contribution in [0.15, 0.2) is 212 Å². The van der Waals surface area contributed by atoms with Gasteiger partial charge in [0.15, 0.2) is 0 Å². The van der Waals surface area contributed by atoms with Crippen molar-refractivity contribution in [1.29, 1.82) is 0 Å². The molecule has 11 aromatic rings. The van der Waals surface area contributed by atoms with Crippen molar-refractivity contribution in [3.8, 4) is 33.6 Å². The minimum absolute atomic E-state index is 0.898. The van der Waals surface area contributed by atoms with Crippen molar-refractivity contribution in [3.63, 3.8) is 0 Å². The molecule has 0 unspecified atom stereocenters. The van der Waals surface area contributed by atoms with Crippen molar-refractivity contribution in [2.24, 2.45) is 0 Å². The smallest absolute Gasteiger partial charge is 0.135 e. The number of benzene rings is 8. The summed E-state index contributed by atoms with van der Waals surface area (Å²) in [5, 5.41) is 7.12. The van der Waals surface area contributed by atoms with Crippen LogP contribution in [0.2, 0.25) is 0 Å². The average molecular weight is 729 g/mol. The van der Waals surface area contributed by atoms with Gasteiger partial charge in [-0.1, -0.05) is 128 Å². The van der Waals surface area contributed by atoms with Crippen molar-refractivity contribution < 1.29 is 4.42 Å². The highest BCUT2D eigenvalue weighted by molar-refractivity contribution is 6.13. The lowest BCUT2D eigenvalue weighted by Crippen LogP contribution is -1.97. The van der Waals surface area contributed by atoms with Crippen LogP contribution in [0, 0.1) is 0 Å². The first-order valence-corrected chi connectivity index (χ1v) is 19.3. The summed E-state index contributed by atoms with van der Waals surface area (Å²) in [4.78, 5) is 0. The average Bonchev–Trinajstić information content (AvgIpc) is 3.92. The Bertz CT molecular complexity index is 3440. The number of hydrogen-bond acceptors (Lipinski definition) is 1. The van der Waals surface area contributed by atoms with E-state index in [0.717, 1.165) is 66.6 Å². The van der Waals surface area contributed by atoms with Gasteiger partial charge in [0.05, 0.1) is 22.1 Å². The van der Waals surface area contributed by atoms with Crippen molar-refractivity contribution in [2.75, 3.05) is 0 Å². The molecule has 57 heavy (non-hydrogen) atoms. The zero-order valence-corrected chi connectivity index (χ0v) is 31.2. The largest absolute Gasteiger partial charge is 0.456 e. The molecule has 11 rings (SSSR count). The highest BCUT2D eigenvalue weighted by Gasteiger charge is 2.18. The first-order valence-electron chi connectivity index (χ1n) is 19.3. The predicted octanol–water partition coefficient (Wildman–Crippen LogP) is 14.9. The quantitative estimate of drug-likeness (QED) is 0.150. The predicted molar refractivity (Wildman–Crippen MR) is 242 cm³/mol. The SMILES string of the molecule is C=C/C=C(\C=C)c1cc(-c2ccccc2)cc(-n2c3ccccc3c3cc(-c4ccc5c(c4)c4ccccc4n5-c4ccc5oc6ccccc6c5c4)ccc32)c1. The molecular weight excluding hydrogens is 693 g/mol. The highest BCUT2D eigenvalue weighted by Crippen LogP contribution is 2.40. The Morgan fingerprint density at radius 3 is 1.65 bits per heavy atom. The van der Waals surface area contributed by atoms with Gasteiger partial charge in [-0.25, -0.2) is 0 Å². The van der Waals surface area contributed by atoms with Crippen LogP contribution in [0.5, 0.6) is 0 Å². The van der Waals surface area contributed by atoms with Crippen LogP contribution in [0.4, 0.5) is 0 Å². The van der Waals surface area contributed by atoms with Crippen molar-refractivity contribution >= 4 is 71.1 Å². The van der Waals surface area contributed by atoms with E-state index < -0.39 is 0 Å². The molecule has 3 heterocycles. The van der Waals surface area contributed by atoms with E-state index >= 15 is 0 Å². The molecule has 0 bridgehead atoms. The molecule has 3 nitrogen and oxygen atoms in total. The van der Waals surface area contributed by atoms with E-state index in [0.29, 0.717) is 0 Å². The second-order valence-corrected chi connectivity index (χ2v) is 14.6. The summed E-state index contributed by atoms with van der Waals surface area (Å²) in [6, 6.07) is 63.4. The van der Waals surface area contributed by atoms with Crippen LogP contribution in [-0.4, -0.2) is 9.13 Å². The molecule has 0 N–H and O–H groups in total. The molecule has 0 saturated carbocycles. The van der Waals surface area contributed by atoms with Crippen molar-refractivity contribution in [2.45, 2.75) is 0 Å². The summed E-state index contributed by atoms with van der Waals surface area (Å²) in [5.41, 5.74) is 15.5. The molecule has 0 saturated heterocycles. The lowest BCUT2D eigenvalue weighted by atomic mass is 9.97. The Morgan fingerprint density at radius 2 is 0.982 bits per heavy atom. The molecule has 268 valence electrons. The van der Waals surface area contributed by atoms with Gasteiger partial charge < -0.3 is 13.6 Å². The van der Waals surface area contributed by atoms with E-state index in [-0.39, 0.29) is 0 Å². The lowest BCUT2D eigenvalue weighted by molar-refractivity contribution is 0.669. The van der Waals surface area contributed by atoms with Crippen LogP contribution >= 0.6 is 0 Å². The Labute approximate surface area is 330 Å². The molecular formula is C54H36N2O. The van der Waals surface area contributed by atoms with Crippen molar-refractivity contribution in [1.82, 2.24) is 9.13 Å². The Morgan fingerprint density at radius 1 is 0.404 bits per heavy atom. The minimum atomic E-state index is 0.898. The monoisotopic (exact) mass is 728 g/mol. The number of rotatable bonds is 7. The molecule has 0 aliphatic rings. The second-order valence-electron chi connectivity index (χ2n) is 14.6. The molecule has 8 aromatic carbocycles. The maximum absolute atomic E-state index is 6.18. The summed E-state index contributed by atoms with van der Waals surface area (Å²) in [7, 11) is 0. The molecule has 0 amide bonds. The Hall–Kier alpha value is -7.62. The number of hydrogen-bond donors (Lipinski definition) is 0. The lowest BCUT2D eigenvalue weighted by Gasteiger charge is -2.14. The van der Waals surface area contributed by atoms with Gasteiger partial charge >= 0.3 is 0 Å². The summed E-state index contributed by atoms with van der Waals surface area (Å²) >= 11 is 0. The zero-order valence-electron chi connectivity index (χ0n) is 31.2. The standard InChI is InChI=1S/C54H36N2O/c1-3-14-35(4-2)39-29-40(36-15-6-5-7-16-36)31-42(30-39)56-50-21-12-9-18-44(50)47-33-38(24-27-52(47)56)37-23-26-51-46(32-37)43-17-8-11-20-49(43)55(51)41-25-28-54-48(34-41)45-19-10-13-22-53(45)57-54/h3-34H,1-2H2/b35-14+. The summed E-state index contributed by atoms with van der Waals surface area (Å²) in [5.74, 6) is 0. The van der Waals surface area contributed by atoms with Gasteiger partial charge in [-0.15, -0.1) is 0 Å². The van der Waals surface area contributed by atoms with E-state index in [1.165, 1.54) is 43.7 Å². The second kappa shape index (κ2) is 13.0. The molecule has 0 spiro atoms. The van der Waals surface area contributed by atoms with Gasteiger partial charge in [0.2, 0.25) is 0 Å². The summed E-state index contributed by atoms with van der Waals surface area (Å²) < 4.78 is 11.0. The number of allylic oxidation sites excluding steroid dienone is 4. The summed E-state index contributed by atoms with van der Waals surface area (Å²) in [6.45, 7) is 8.10. The van der Waals surface area contributed by atoms with Gasteiger partial charge in [0.1, 0.15) is 11.2 Å². The first kappa shape index (κ1) is 32.8. The normalized spacial score (nSPS) is 12.1. The maximum Gasteiger partial charge on any atom is 0.135 e. The maximum atomic E-state index is 6.18. The fourth-order valence-corrected chi connectivity index (χ4v) is 8.83. The van der Waals surface area contributed by atoms with Crippen LogP contribution in [0.3, 0.4) is 0 Å². The first-order chi connectivity index (χ1) is 28.2. The fraction of sp³-hybridized carbons (Fsp3) is 0. The highest BCUT2D eigenvalue weighted by atomic mass is 16.3. The van der Waals surface area contributed by atoms with Gasteiger partial charge in [-0.05, 0) is 112 Å².